The van der Waals surface area contributed by atoms with Crippen LogP contribution < -0.4 is 10.6 Å². The Kier molecular flexibility index (Phi) is 4.56. The summed E-state index contributed by atoms with van der Waals surface area (Å²) >= 11 is 0. The first-order chi connectivity index (χ1) is 11.3. The second kappa shape index (κ2) is 6.36. The van der Waals surface area contributed by atoms with Gasteiger partial charge in [-0.1, -0.05) is 0 Å². The third-order valence-electron chi connectivity index (χ3n) is 3.72. The maximum absolute atomic E-state index is 11.2. The number of aliphatic hydroxyl groups is 1. The number of fused-ring (bicyclic) bond motifs is 1. The highest BCUT2D eigenvalue weighted by Gasteiger charge is 2.45. The lowest BCUT2D eigenvalue weighted by Crippen LogP contribution is -2.35. The lowest BCUT2D eigenvalue weighted by Gasteiger charge is -2.23. The summed E-state index contributed by atoms with van der Waals surface area (Å²) in [5.41, 5.74) is 6.50. The first-order valence-corrected chi connectivity index (χ1v) is 9.03. The fourth-order valence-electron chi connectivity index (χ4n) is 2.64. The molecule has 12 heteroatoms. The van der Waals surface area contributed by atoms with Gasteiger partial charge in [-0.25, -0.2) is 15.0 Å². The Morgan fingerprint density at radius 1 is 1.50 bits per heavy atom. The van der Waals surface area contributed by atoms with E-state index >= 15 is 0 Å². The minimum absolute atomic E-state index is 0.202. The van der Waals surface area contributed by atoms with Crippen LogP contribution in [0.1, 0.15) is 6.23 Å². The summed E-state index contributed by atoms with van der Waals surface area (Å²) in [6, 6.07) is 0. The van der Waals surface area contributed by atoms with E-state index in [4.69, 9.17) is 19.7 Å². The van der Waals surface area contributed by atoms with Gasteiger partial charge in [0.25, 0.3) is 0 Å². The highest BCUT2D eigenvalue weighted by molar-refractivity contribution is 7.50. The number of aliphatic hydroxyl groups excluding tert-OH is 1. The topological polar surface area (TPSA) is 158 Å². The van der Waals surface area contributed by atoms with Gasteiger partial charge in [0, 0.05) is 13.8 Å². The summed E-state index contributed by atoms with van der Waals surface area (Å²) in [5, 5.41) is 10.5. The average Bonchev–Trinajstić information content (AvgIpc) is 3.06. The maximum Gasteiger partial charge on any atom is 0.167 e. The van der Waals surface area contributed by atoms with Crippen molar-refractivity contribution in [3.63, 3.8) is 0 Å². The van der Waals surface area contributed by atoms with Gasteiger partial charge in [0.15, 0.2) is 17.7 Å². The summed E-state index contributed by atoms with van der Waals surface area (Å²) in [6.07, 6.45) is -0.841. The number of nitrogens with two attached hydrogens (primary N) is 1. The molecule has 24 heavy (non-hydrogen) atoms. The van der Waals surface area contributed by atoms with Gasteiger partial charge in [0.2, 0.25) is 0 Å². The van der Waals surface area contributed by atoms with Crippen molar-refractivity contribution in [1.29, 1.82) is 0 Å². The van der Waals surface area contributed by atoms with Gasteiger partial charge in [-0.15, -0.1) is 0 Å². The molecule has 0 aliphatic carbocycles. The van der Waals surface area contributed by atoms with Gasteiger partial charge in [0.1, 0.15) is 37.8 Å². The van der Waals surface area contributed by atoms with Crippen LogP contribution in [0.15, 0.2) is 12.7 Å². The molecule has 1 saturated heterocycles. The molecule has 3 N–H and O–H groups in total. The van der Waals surface area contributed by atoms with Crippen LogP contribution >= 0.6 is 7.60 Å². The fraction of sp³-hybridized carbons (Fsp3) is 0.583. The highest BCUT2D eigenvalue weighted by atomic mass is 31.2. The lowest BCUT2D eigenvalue weighted by molar-refractivity contribution is -0.200. The zero-order valence-electron chi connectivity index (χ0n) is 13.0. The van der Waals surface area contributed by atoms with E-state index in [9.17, 15) is 14.6 Å². The van der Waals surface area contributed by atoms with Crippen molar-refractivity contribution in [3.05, 3.63) is 12.7 Å². The average molecular weight is 358 g/mol. The van der Waals surface area contributed by atoms with Gasteiger partial charge in [-0.05, 0) is 0 Å². The zero-order valence-corrected chi connectivity index (χ0v) is 13.9. The lowest BCUT2D eigenvalue weighted by atomic mass is 10.1. The van der Waals surface area contributed by atoms with Crippen molar-refractivity contribution in [2.45, 2.75) is 24.5 Å². The van der Waals surface area contributed by atoms with E-state index in [0.29, 0.717) is 11.2 Å². The molecule has 2 unspecified atom stereocenters. The molecule has 2 aromatic heterocycles. The molecule has 3 rings (SSSR count). The van der Waals surface area contributed by atoms with Gasteiger partial charge in [-0.2, -0.15) is 0 Å². The van der Waals surface area contributed by atoms with Crippen molar-refractivity contribution in [1.82, 2.24) is 19.5 Å². The van der Waals surface area contributed by atoms with Gasteiger partial charge < -0.3 is 34.3 Å². The summed E-state index contributed by atoms with van der Waals surface area (Å²) < 4.78 is 28.4. The molecule has 132 valence electrons. The van der Waals surface area contributed by atoms with Crippen LogP contribution in [0, 0.1) is 0 Å². The number of nitrogen functional groups attached to an aromatic ring is 1. The van der Waals surface area contributed by atoms with Crippen LogP contribution in [0.3, 0.4) is 0 Å². The Bertz CT molecular complexity index is 778. The van der Waals surface area contributed by atoms with Crippen LogP contribution in [0.5, 0.6) is 0 Å². The van der Waals surface area contributed by atoms with Crippen molar-refractivity contribution in [2.24, 2.45) is 0 Å². The molecule has 0 aromatic carbocycles. The van der Waals surface area contributed by atoms with E-state index in [1.165, 1.54) is 24.3 Å². The van der Waals surface area contributed by atoms with Crippen LogP contribution in [-0.2, 0) is 18.6 Å². The SMILES string of the molecule is COC1[C@@H](COP(C)(=O)[O-])O[C@@H](n2cnc3c(N)ncnc32)[C@H]1O. The van der Waals surface area contributed by atoms with Crippen LogP contribution in [0.25, 0.3) is 11.2 Å². The first-order valence-electron chi connectivity index (χ1n) is 7.04. The number of rotatable bonds is 5. The summed E-state index contributed by atoms with van der Waals surface area (Å²) in [4.78, 5) is 23.2. The van der Waals surface area contributed by atoms with E-state index in [1.54, 1.807) is 0 Å². The Balaban J connectivity index is 1.88. The standard InChI is InChI=1S/C12H18N5O6P/c1-21-9-6(3-22-24(2,19)20)23-12(8(9)18)17-5-16-7-10(13)14-4-15-11(7)17/h4-6,8-9,12,18H,3H2,1-2H3,(H,19,20)(H2,13,14,15)/p-1/t6-,8+,9?,12-/m1/s1. The molecule has 2 aromatic rings. The summed E-state index contributed by atoms with van der Waals surface area (Å²) in [7, 11) is -2.53. The predicted octanol–water partition coefficient (Wildman–Crippen LogP) is -1.12. The molecule has 0 radical (unpaired) electrons. The zero-order chi connectivity index (χ0) is 17.5. The number of aromatic nitrogens is 4. The molecule has 0 saturated carbocycles. The van der Waals surface area contributed by atoms with Crippen LogP contribution in [-0.4, -0.2) is 63.3 Å². The summed E-state index contributed by atoms with van der Waals surface area (Å²) in [5.74, 6) is 0.202. The third-order valence-corrected chi connectivity index (χ3v) is 4.33. The minimum Gasteiger partial charge on any atom is -0.779 e. The van der Waals surface area contributed by atoms with E-state index < -0.39 is 32.1 Å². The highest BCUT2D eigenvalue weighted by Crippen LogP contribution is 2.37. The van der Waals surface area contributed by atoms with Gasteiger partial charge >= 0.3 is 0 Å². The molecule has 1 fully saturated rings. The molecule has 0 amide bonds. The van der Waals surface area contributed by atoms with E-state index in [1.807, 2.05) is 0 Å². The fourth-order valence-corrected chi connectivity index (χ4v) is 3.06. The van der Waals surface area contributed by atoms with E-state index in [-0.39, 0.29) is 12.4 Å². The molecule has 0 spiro atoms. The maximum atomic E-state index is 11.2. The normalized spacial score (nSPS) is 29.8. The predicted molar refractivity (Wildman–Crippen MR) is 79.9 cm³/mol. The molecule has 3 heterocycles. The Hall–Kier alpha value is -1.62. The van der Waals surface area contributed by atoms with E-state index in [2.05, 4.69) is 15.0 Å². The number of nitrogens with zero attached hydrogens (tertiary/aromatic N) is 4. The van der Waals surface area contributed by atoms with Crippen molar-refractivity contribution < 1.29 is 28.6 Å². The second-order valence-electron chi connectivity index (χ2n) is 5.41. The molecule has 1 aliphatic rings. The van der Waals surface area contributed by atoms with Crippen molar-refractivity contribution >= 4 is 24.6 Å². The third kappa shape index (κ3) is 3.14. The first kappa shape index (κ1) is 17.2. The molecule has 11 nitrogen and oxygen atoms in total. The number of anilines is 1. The minimum atomic E-state index is -3.92. The molecule has 0 bridgehead atoms. The summed E-state index contributed by atoms with van der Waals surface area (Å²) in [6.45, 7) is 0.688. The monoisotopic (exact) mass is 358 g/mol. The largest absolute Gasteiger partial charge is 0.779 e. The number of ether oxygens (including phenoxy) is 2. The Labute approximate surface area is 136 Å². The molecule has 5 atom stereocenters. The van der Waals surface area contributed by atoms with E-state index in [0.717, 1.165) is 6.66 Å². The smallest absolute Gasteiger partial charge is 0.167 e. The molecule has 1 aliphatic heterocycles. The molecular formula is C12H17N5O6P-. The van der Waals surface area contributed by atoms with Gasteiger partial charge in [-0.3, -0.25) is 4.57 Å². The Morgan fingerprint density at radius 3 is 2.92 bits per heavy atom. The van der Waals surface area contributed by atoms with Crippen LogP contribution in [0.4, 0.5) is 5.82 Å². The Morgan fingerprint density at radius 2 is 2.25 bits per heavy atom. The van der Waals surface area contributed by atoms with Crippen LogP contribution in [0.2, 0.25) is 0 Å². The van der Waals surface area contributed by atoms with Gasteiger partial charge in [0.05, 0.1) is 12.9 Å². The number of hydrogen-bond donors (Lipinski definition) is 2. The van der Waals surface area contributed by atoms with Crippen molar-refractivity contribution in [2.75, 3.05) is 26.1 Å². The van der Waals surface area contributed by atoms with Crippen molar-refractivity contribution in [3.8, 4) is 0 Å². The number of methoxy groups -OCH3 is 1. The molecular weight excluding hydrogens is 341 g/mol. The second-order valence-corrected chi connectivity index (χ2v) is 7.21. The number of hydrogen-bond acceptors (Lipinski definition) is 10. The quantitative estimate of drug-likeness (QED) is 0.627. The number of imidazole rings is 1.